The zero-order chi connectivity index (χ0) is 13.7. The monoisotopic (exact) mass is 266 g/mol. The molecule has 1 rings (SSSR count). The number of carbonyl (C=O) groups is 1. The first-order valence-corrected chi connectivity index (χ1v) is 6.18. The second kappa shape index (κ2) is 6.35. The van der Waals surface area contributed by atoms with Crippen LogP contribution in [0.1, 0.15) is 26.3 Å². The molecule has 0 heterocycles. The molecule has 0 aliphatic carbocycles. The molecule has 0 aromatic heterocycles. The van der Waals surface area contributed by atoms with E-state index in [4.69, 9.17) is 22.7 Å². The predicted molar refractivity (Wildman–Crippen MR) is 75.7 cm³/mol. The fourth-order valence-corrected chi connectivity index (χ4v) is 1.51. The van der Waals surface area contributed by atoms with E-state index >= 15 is 0 Å². The lowest BCUT2D eigenvalue weighted by Crippen LogP contribution is -2.40. The molecule has 1 aromatic carbocycles. The highest BCUT2D eigenvalue weighted by molar-refractivity contribution is 7.80. The number of ether oxygens (including phenoxy) is 1. The Balaban J connectivity index is 2.69. The number of rotatable bonds is 5. The fraction of sp³-hybridized carbons (Fsp3) is 0.385. The first-order chi connectivity index (χ1) is 8.40. The SMILES string of the molecule is CC(C)NC(=O)C(C)Oc1cccc(C(N)=S)c1. The average Bonchev–Trinajstić information content (AvgIpc) is 2.28. The van der Waals surface area contributed by atoms with Crippen LogP contribution in [0.5, 0.6) is 5.75 Å². The largest absolute Gasteiger partial charge is 0.481 e. The molecule has 0 spiro atoms. The summed E-state index contributed by atoms with van der Waals surface area (Å²) in [5, 5.41) is 2.79. The van der Waals surface area contributed by atoms with Crippen molar-refractivity contribution in [2.24, 2.45) is 5.73 Å². The van der Waals surface area contributed by atoms with Gasteiger partial charge in [-0.3, -0.25) is 4.79 Å². The maximum absolute atomic E-state index is 11.7. The van der Waals surface area contributed by atoms with Crippen LogP contribution in [0.4, 0.5) is 0 Å². The Bertz CT molecular complexity index is 446. The van der Waals surface area contributed by atoms with Crippen LogP contribution in [0.3, 0.4) is 0 Å². The lowest BCUT2D eigenvalue weighted by atomic mass is 10.2. The van der Waals surface area contributed by atoms with Gasteiger partial charge in [-0.05, 0) is 32.9 Å². The molecule has 98 valence electrons. The zero-order valence-corrected chi connectivity index (χ0v) is 11.6. The van der Waals surface area contributed by atoms with Gasteiger partial charge in [0, 0.05) is 11.6 Å². The molecular formula is C13H18N2O2S. The van der Waals surface area contributed by atoms with Crippen LogP contribution < -0.4 is 15.8 Å². The highest BCUT2D eigenvalue weighted by Crippen LogP contribution is 2.15. The summed E-state index contributed by atoms with van der Waals surface area (Å²) in [7, 11) is 0. The number of carbonyl (C=O) groups excluding carboxylic acids is 1. The molecule has 5 heteroatoms. The lowest BCUT2D eigenvalue weighted by Gasteiger charge is -2.16. The Morgan fingerprint density at radius 1 is 1.39 bits per heavy atom. The van der Waals surface area contributed by atoms with Crippen LogP contribution >= 0.6 is 12.2 Å². The van der Waals surface area contributed by atoms with E-state index in [0.717, 1.165) is 5.56 Å². The third kappa shape index (κ3) is 4.33. The first kappa shape index (κ1) is 14.4. The Hall–Kier alpha value is -1.62. The molecule has 1 unspecified atom stereocenters. The molecule has 0 aliphatic rings. The third-order valence-corrected chi connectivity index (χ3v) is 2.47. The van der Waals surface area contributed by atoms with Gasteiger partial charge in [0.1, 0.15) is 10.7 Å². The van der Waals surface area contributed by atoms with Crippen LogP contribution in [-0.4, -0.2) is 23.0 Å². The summed E-state index contributed by atoms with van der Waals surface area (Å²) >= 11 is 4.89. The quantitative estimate of drug-likeness (QED) is 0.795. The maximum atomic E-state index is 11.7. The number of hydrogen-bond acceptors (Lipinski definition) is 3. The number of nitrogens with two attached hydrogens (primary N) is 1. The molecule has 3 N–H and O–H groups in total. The lowest BCUT2D eigenvalue weighted by molar-refractivity contribution is -0.127. The van der Waals surface area contributed by atoms with Gasteiger partial charge in [0.15, 0.2) is 6.10 Å². The van der Waals surface area contributed by atoms with E-state index < -0.39 is 6.10 Å². The van der Waals surface area contributed by atoms with Gasteiger partial charge in [-0.1, -0.05) is 24.4 Å². The summed E-state index contributed by atoms with van der Waals surface area (Å²) in [6.07, 6.45) is -0.561. The second-order valence-corrected chi connectivity index (χ2v) is 4.76. The maximum Gasteiger partial charge on any atom is 0.260 e. The van der Waals surface area contributed by atoms with E-state index in [1.54, 1.807) is 31.2 Å². The van der Waals surface area contributed by atoms with Crippen LogP contribution in [0, 0.1) is 0 Å². The average molecular weight is 266 g/mol. The number of amides is 1. The molecule has 4 nitrogen and oxygen atoms in total. The first-order valence-electron chi connectivity index (χ1n) is 5.77. The number of nitrogens with one attached hydrogen (secondary N) is 1. The van der Waals surface area contributed by atoms with E-state index in [9.17, 15) is 4.79 Å². The van der Waals surface area contributed by atoms with E-state index in [2.05, 4.69) is 5.32 Å². The minimum atomic E-state index is -0.561. The Morgan fingerprint density at radius 2 is 2.06 bits per heavy atom. The van der Waals surface area contributed by atoms with Crippen molar-refractivity contribution in [2.75, 3.05) is 0 Å². The fourth-order valence-electron chi connectivity index (χ4n) is 1.38. The van der Waals surface area contributed by atoms with Gasteiger partial charge in [0.05, 0.1) is 0 Å². The van der Waals surface area contributed by atoms with Gasteiger partial charge in [-0.15, -0.1) is 0 Å². The topological polar surface area (TPSA) is 64.3 Å². The Labute approximate surface area is 113 Å². The van der Waals surface area contributed by atoms with Crippen molar-refractivity contribution in [1.82, 2.24) is 5.32 Å². The van der Waals surface area contributed by atoms with Crippen molar-refractivity contribution >= 4 is 23.1 Å². The summed E-state index contributed by atoms with van der Waals surface area (Å²) in [6, 6.07) is 7.17. The summed E-state index contributed by atoms with van der Waals surface area (Å²) < 4.78 is 5.54. The molecular weight excluding hydrogens is 248 g/mol. The van der Waals surface area contributed by atoms with E-state index in [1.807, 2.05) is 13.8 Å². The van der Waals surface area contributed by atoms with Gasteiger partial charge in [-0.2, -0.15) is 0 Å². The van der Waals surface area contributed by atoms with Gasteiger partial charge < -0.3 is 15.8 Å². The van der Waals surface area contributed by atoms with Crippen LogP contribution in [0.25, 0.3) is 0 Å². The van der Waals surface area contributed by atoms with Crippen molar-refractivity contribution in [2.45, 2.75) is 32.9 Å². The van der Waals surface area contributed by atoms with E-state index in [0.29, 0.717) is 10.7 Å². The van der Waals surface area contributed by atoms with Crippen LogP contribution in [-0.2, 0) is 4.79 Å². The summed E-state index contributed by atoms with van der Waals surface area (Å²) in [5.74, 6) is 0.428. The van der Waals surface area contributed by atoms with Crippen LogP contribution in [0.2, 0.25) is 0 Å². The number of benzene rings is 1. The van der Waals surface area contributed by atoms with Gasteiger partial charge in [0.25, 0.3) is 5.91 Å². The smallest absolute Gasteiger partial charge is 0.260 e. The van der Waals surface area contributed by atoms with Crippen molar-refractivity contribution < 1.29 is 9.53 Å². The predicted octanol–water partition coefficient (Wildman–Crippen LogP) is 1.61. The molecule has 0 saturated heterocycles. The summed E-state index contributed by atoms with van der Waals surface area (Å²) in [4.78, 5) is 12.0. The molecule has 0 saturated carbocycles. The molecule has 1 aromatic rings. The molecule has 1 amide bonds. The van der Waals surface area contributed by atoms with Gasteiger partial charge >= 0.3 is 0 Å². The van der Waals surface area contributed by atoms with Crippen molar-refractivity contribution in [3.8, 4) is 5.75 Å². The minimum absolute atomic E-state index is 0.0894. The Kier molecular flexibility index (Phi) is 5.09. The van der Waals surface area contributed by atoms with Crippen molar-refractivity contribution in [3.63, 3.8) is 0 Å². The molecule has 18 heavy (non-hydrogen) atoms. The minimum Gasteiger partial charge on any atom is -0.481 e. The molecule has 0 radical (unpaired) electrons. The molecule has 0 fully saturated rings. The standard InChI is InChI=1S/C13H18N2O2S/c1-8(2)15-13(16)9(3)17-11-6-4-5-10(7-11)12(14)18/h4-9H,1-3H3,(H2,14,18)(H,15,16). The highest BCUT2D eigenvalue weighted by Gasteiger charge is 2.15. The summed E-state index contributed by atoms with van der Waals surface area (Å²) in [5.41, 5.74) is 6.26. The van der Waals surface area contributed by atoms with Crippen LogP contribution in [0.15, 0.2) is 24.3 Å². The summed E-state index contributed by atoms with van der Waals surface area (Å²) in [6.45, 7) is 5.50. The second-order valence-electron chi connectivity index (χ2n) is 4.32. The van der Waals surface area contributed by atoms with E-state index in [1.165, 1.54) is 0 Å². The number of hydrogen-bond donors (Lipinski definition) is 2. The zero-order valence-electron chi connectivity index (χ0n) is 10.8. The Morgan fingerprint density at radius 3 is 2.61 bits per heavy atom. The third-order valence-electron chi connectivity index (χ3n) is 2.23. The number of thiocarbonyl (C=S) groups is 1. The highest BCUT2D eigenvalue weighted by atomic mass is 32.1. The molecule has 1 atom stereocenters. The van der Waals surface area contributed by atoms with Crippen molar-refractivity contribution in [1.29, 1.82) is 0 Å². The van der Waals surface area contributed by atoms with Gasteiger partial charge in [0.2, 0.25) is 0 Å². The molecule has 0 aliphatic heterocycles. The molecule has 0 bridgehead atoms. The van der Waals surface area contributed by atoms with E-state index in [-0.39, 0.29) is 11.9 Å². The van der Waals surface area contributed by atoms with Gasteiger partial charge in [-0.25, -0.2) is 0 Å². The van der Waals surface area contributed by atoms with Crippen molar-refractivity contribution in [3.05, 3.63) is 29.8 Å². The normalized spacial score (nSPS) is 12.0.